The maximum atomic E-state index is 13.6. The monoisotopic (exact) mass is 418 g/mol. The lowest BCUT2D eigenvalue weighted by Crippen LogP contribution is -2.17. The molecule has 9 heteroatoms. The summed E-state index contributed by atoms with van der Waals surface area (Å²) in [5.74, 6) is 0.448. The Hall–Kier alpha value is -2.73. The number of halogens is 3. The first kappa shape index (κ1) is 19.6. The van der Waals surface area contributed by atoms with Gasteiger partial charge in [-0.1, -0.05) is 12.1 Å². The Morgan fingerprint density at radius 3 is 2.83 bits per heavy atom. The molecule has 0 radical (unpaired) electrons. The molecule has 1 N–H and O–H groups in total. The van der Waals surface area contributed by atoms with Gasteiger partial charge in [0.2, 0.25) is 0 Å². The number of aromatic amines is 1. The molecule has 0 atom stereocenters. The average Bonchev–Trinajstić information content (AvgIpc) is 3.26. The van der Waals surface area contributed by atoms with E-state index in [-0.39, 0.29) is 21.8 Å². The summed E-state index contributed by atoms with van der Waals surface area (Å²) < 4.78 is 42.4. The molecule has 2 heterocycles. The molecule has 5 nitrogen and oxygen atoms in total. The number of H-pyrrole nitrogens is 1. The van der Waals surface area contributed by atoms with E-state index in [1.54, 1.807) is 10.6 Å². The molecule has 1 aliphatic rings. The summed E-state index contributed by atoms with van der Waals surface area (Å²) in [6.45, 7) is 0.425. The maximum absolute atomic E-state index is 13.6. The van der Waals surface area contributed by atoms with Crippen molar-refractivity contribution in [3.05, 3.63) is 57.1 Å². The Morgan fingerprint density at radius 1 is 1.28 bits per heavy atom. The first-order valence-electron chi connectivity index (χ1n) is 9.23. The summed E-state index contributed by atoms with van der Waals surface area (Å²) in [4.78, 5) is 19.2. The lowest BCUT2D eigenvalue weighted by Gasteiger charge is -2.16. The molecule has 150 valence electrons. The highest BCUT2D eigenvalue weighted by atomic mass is 32.2. The number of rotatable bonds is 5. The molecule has 4 rings (SSSR count). The SMILES string of the molecule is N#Cc1c(SCCCn2c(=O)[nH]c3ccccc32)nc2c(c1C(F)(F)F)CCC2. The summed E-state index contributed by atoms with van der Waals surface area (Å²) >= 11 is 1.14. The Kier molecular flexibility index (Phi) is 5.13. The van der Waals surface area contributed by atoms with Crippen LogP contribution in [0.1, 0.15) is 35.2 Å². The molecular formula is C20H17F3N4OS. The van der Waals surface area contributed by atoms with Crippen LogP contribution in [0.4, 0.5) is 13.2 Å². The Morgan fingerprint density at radius 2 is 2.07 bits per heavy atom. The molecular weight excluding hydrogens is 401 g/mol. The fourth-order valence-electron chi connectivity index (χ4n) is 3.80. The molecule has 0 saturated heterocycles. The minimum Gasteiger partial charge on any atom is -0.306 e. The van der Waals surface area contributed by atoms with E-state index in [1.807, 2.05) is 24.3 Å². The van der Waals surface area contributed by atoms with Crippen molar-refractivity contribution < 1.29 is 13.2 Å². The summed E-state index contributed by atoms with van der Waals surface area (Å²) in [5.41, 5.74) is 0.729. The number of alkyl halides is 3. The van der Waals surface area contributed by atoms with Crippen LogP contribution in [0.5, 0.6) is 0 Å². The number of aromatic nitrogens is 3. The number of hydrogen-bond acceptors (Lipinski definition) is 4. The highest BCUT2D eigenvalue weighted by molar-refractivity contribution is 7.99. The smallest absolute Gasteiger partial charge is 0.306 e. The number of aryl methyl sites for hydroxylation is 2. The average molecular weight is 418 g/mol. The van der Waals surface area contributed by atoms with Gasteiger partial charge >= 0.3 is 11.9 Å². The van der Waals surface area contributed by atoms with Gasteiger partial charge in [0, 0.05) is 18.0 Å². The maximum Gasteiger partial charge on any atom is 0.418 e. The van der Waals surface area contributed by atoms with Crippen LogP contribution in [0, 0.1) is 11.3 Å². The number of benzene rings is 1. The van der Waals surface area contributed by atoms with Crippen molar-refractivity contribution in [2.75, 3.05) is 5.75 Å². The molecule has 0 bridgehead atoms. The zero-order valence-electron chi connectivity index (χ0n) is 15.3. The van der Waals surface area contributed by atoms with Crippen LogP contribution >= 0.6 is 11.8 Å². The van der Waals surface area contributed by atoms with E-state index in [0.717, 1.165) is 22.8 Å². The van der Waals surface area contributed by atoms with Crippen LogP contribution in [0.25, 0.3) is 11.0 Å². The van der Waals surface area contributed by atoms with Crippen LogP contribution in [0.2, 0.25) is 0 Å². The number of nitriles is 1. The van der Waals surface area contributed by atoms with E-state index in [2.05, 4.69) is 9.97 Å². The molecule has 0 saturated carbocycles. The lowest BCUT2D eigenvalue weighted by atomic mass is 10.0. The Bertz CT molecular complexity index is 1170. The molecule has 1 aromatic carbocycles. The third-order valence-electron chi connectivity index (χ3n) is 5.03. The van der Waals surface area contributed by atoms with Gasteiger partial charge in [0.15, 0.2) is 0 Å². The number of thioether (sulfide) groups is 1. The molecule has 0 aliphatic heterocycles. The van der Waals surface area contributed by atoms with Gasteiger partial charge in [0.05, 0.1) is 22.2 Å². The minimum atomic E-state index is -4.57. The fourth-order valence-corrected chi connectivity index (χ4v) is 4.73. The quantitative estimate of drug-likeness (QED) is 0.496. The van der Waals surface area contributed by atoms with E-state index in [9.17, 15) is 23.2 Å². The van der Waals surface area contributed by atoms with Crippen LogP contribution in [0.15, 0.2) is 34.1 Å². The molecule has 0 unspecified atom stereocenters. The Labute approximate surface area is 168 Å². The topological polar surface area (TPSA) is 74.5 Å². The number of fused-ring (bicyclic) bond motifs is 2. The van der Waals surface area contributed by atoms with Gasteiger partial charge in [-0.05, 0) is 43.4 Å². The number of nitrogens with one attached hydrogen (secondary N) is 1. The van der Waals surface area contributed by atoms with Crippen molar-refractivity contribution in [1.82, 2.24) is 14.5 Å². The van der Waals surface area contributed by atoms with Crippen LogP contribution in [-0.2, 0) is 25.6 Å². The predicted octanol–water partition coefficient (Wildman–Crippen LogP) is 4.29. The number of hydrogen-bond donors (Lipinski definition) is 1. The van der Waals surface area contributed by atoms with Gasteiger partial charge in [-0.15, -0.1) is 11.8 Å². The highest BCUT2D eigenvalue weighted by Crippen LogP contribution is 2.41. The molecule has 3 aromatic rings. The van der Waals surface area contributed by atoms with Crippen LogP contribution < -0.4 is 5.69 Å². The van der Waals surface area contributed by atoms with E-state index in [1.165, 1.54) is 0 Å². The Balaban J connectivity index is 1.54. The fraction of sp³-hybridized carbons (Fsp3) is 0.350. The molecule has 0 spiro atoms. The van der Waals surface area contributed by atoms with Crippen molar-refractivity contribution in [3.8, 4) is 6.07 Å². The number of pyridine rings is 1. The standard InChI is InChI=1S/C20H17F3N4OS/c21-20(22,23)17-12-5-3-7-14(12)25-18(13(17)11-24)29-10-4-9-27-16-8-2-1-6-15(16)26-19(27)28/h1-2,6,8H,3-5,7,9-10H2,(H,26,28). The number of para-hydroxylation sites is 2. The molecule has 2 aromatic heterocycles. The van der Waals surface area contributed by atoms with Gasteiger partial charge in [-0.2, -0.15) is 18.4 Å². The lowest BCUT2D eigenvalue weighted by molar-refractivity contribution is -0.138. The van der Waals surface area contributed by atoms with Crippen LogP contribution in [0.3, 0.4) is 0 Å². The molecule has 1 aliphatic carbocycles. The van der Waals surface area contributed by atoms with Crippen molar-refractivity contribution in [2.45, 2.75) is 43.4 Å². The van der Waals surface area contributed by atoms with E-state index >= 15 is 0 Å². The largest absolute Gasteiger partial charge is 0.418 e. The summed E-state index contributed by atoms with van der Waals surface area (Å²) in [6, 6.07) is 9.05. The predicted molar refractivity (Wildman–Crippen MR) is 104 cm³/mol. The third kappa shape index (κ3) is 3.65. The van der Waals surface area contributed by atoms with Crippen LogP contribution in [-0.4, -0.2) is 20.3 Å². The number of imidazole rings is 1. The van der Waals surface area contributed by atoms with E-state index < -0.39 is 11.7 Å². The second-order valence-corrected chi connectivity index (χ2v) is 7.94. The third-order valence-corrected chi connectivity index (χ3v) is 6.09. The van der Waals surface area contributed by atoms with Gasteiger partial charge in [-0.3, -0.25) is 4.57 Å². The molecule has 0 amide bonds. The summed E-state index contributed by atoms with van der Waals surface area (Å²) in [5, 5.41) is 9.53. The number of nitrogens with zero attached hydrogens (tertiary/aromatic N) is 3. The highest BCUT2D eigenvalue weighted by Gasteiger charge is 2.40. The normalized spacial score (nSPS) is 13.6. The zero-order chi connectivity index (χ0) is 20.6. The van der Waals surface area contributed by atoms with Gasteiger partial charge in [0.1, 0.15) is 11.1 Å². The van der Waals surface area contributed by atoms with Gasteiger partial charge in [0.25, 0.3) is 0 Å². The van der Waals surface area contributed by atoms with E-state index in [4.69, 9.17) is 0 Å². The van der Waals surface area contributed by atoms with Crippen molar-refractivity contribution in [1.29, 1.82) is 5.26 Å². The second kappa shape index (κ2) is 7.59. The minimum absolute atomic E-state index is 0.131. The first-order valence-corrected chi connectivity index (χ1v) is 10.2. The van der Waals surface area contributed by atoms with Crippen molar-refractivity contribution >= 4 is 22.8 Å². The van der Waals surface area contributed by atoms with Gasteiger partial charge in [-0.25, -0.2) is 9.78 Å². The van der Waals surface area contributed by atoms with Crippen molar-refractivity contribution in [3.63, 3.8) is 0 Å². The second-order valence-electron chi connectivity index (χ2n) is 6.86. The molecule has 29 heavy (non-hydrogen) atoms. The molecule has 0 fully saturated rings. The summed E-state index contributed by atoms with van der Waals surface area (Å²) in [6.07, 6.45) is -2.59. The first-order chi connectivity index (χ1) is 13.9. The van der Waals surface area contributed by atoms with E-state index in [0.29, 0.717) is 43.7 Å². The van der Waals surface area contributed by atoms with Gasteiger partial charge < -0.3 is 4.98 Å². The van der Waals surface area contributed by atoms with Crippen molar-refractivity contribution in [2.24, 2.45) is 0 Å². The zero-order valence-corrected chi connectivity index (χ0v) is 16.2. The summed E-state index contributed by atoms with van der Waals surface area (Å²) in [7, 11) is 0.